The van der Waals surface area contributed by atoms with Gasteiger partial charge in [0, 0.05) is 46.9 Å². The predicted octanol–water partition coefficient (Wildman–Crippen LogP) is 5.99. The number of nitrogens with one attached hydrogen (secondary N) is 1. The highest BCUT2D eigenvalue weighted by Gasteiger charge is 2.39. The van der Waals surface area contributed by atoms with Crippen LogP contribution in [0.25, 0.3) is 10.2 Å². The van der Waals surface area contributed by atoms with Crippen LogP contribution in [0.1, 0.15) is 31.1 Å². The number of fused-ring (bicyclic) bond motifs is 2. The highest BCUT2D eigenvalue weighted by atomic mass is 127. The molecule has 2 aromatic heterocycles. The first kappa shape index (κ1) is 24.0. The fourth-order valence-corrected chi connectivity index (χ4v) is 5.81. The Balaban J connectivity index is 1.41. The average Bonchev–Trinajstić information content (AvgIpc) is 3.45. The minimum Gasteiger partial charge on any atom is -0.444 e. The second kappa shape index (κ2) is 9.05. The summed E-state index contributed by atoms with van der Waals surface area (Å²) in [5.41, 5.74) is 1.24. The van der Waals surface area contributed by atoms with Gasteiger partial charge in [0.2, 0.25) is 0 Å². The van der Waals surface area contributed by atoms with Crippen molar-refractivity contribution in [3.63, 3.8) is 0 Å². The van der Waals surface area contributed by atoms with Crippen molar-refractivity contribution in [3.05, 3.63) is 63.3 Å². The summed E-state index contributed by atoms with van der Waals surface area (Å²) in [5.74, 6) is -0.497. The Morgan fingerprint density at radius 2 is 2.06 bits per heavy atom. The molecule has 0 bridgehead atoms. The zero-order valence-corrected chi connectivity index (χ0v) is 22.4. The number of benzene rings is 1. The van der Waals surface area contributed by atoms with Gasteiger partial charge in [-0.2, -0.15) is 0 Å². The molecule has 1 N–H and O–H groups in total. The SMILES string of the molecule is CC(C)(C)OC(=O)N1CC2=CN(C(=O)c3c(Nc4ccc(I)cc4F)sc4ncccc34)CC2C1. The van der Waals surface area contributed by atoms with Crippen LogP contribution >= 0.6 is 33.9 Å². The molecule has 0 aliphatic carbocycles. The summed E-state index contributed by atoms with van der Waals surface area (Å²) in [7, 11) is 0. The molecule has 4 heterocycles. The number of thiophene rings is 1. The van der Waals surface area contributed by atoms with Crippen molar-refractivity contribution in [1.82, 2.24) is 14.8 Å². The minimum atomic E-state index is -0.556. The number of amides is 2. The number of anilines is 2. The molecule has 182 valence electrons. The summed E-state index contributed by atoms with van der Waals surface area (Å²) in [5, 5.41) is 4.39. The van der Waals surface area contributed by atoms with E-state index >= 15 is 0 Å². The number of halogens is 2. The Hall–Kier alpha value is -2.73. The zero-order chi connectivity index (χ0) is 24.9. The number of hydrogen-bond acceptors (Lipinski definition) is 6. The van der Waals surface area contributed by atoms with E-state index in [1.807, 2.05) is 39.1 Å². The summed E-state index contributed by atoms with van der Waals surface area (Å²) in [6.07, 6.45) is 3.18. The lowest BCUT2D eigenvalue weighted by molar-refractivity contribution is 0.0287. The largest absolute Gasteiger partial charge is 0.444 e. The fourth-order valence-electron chi connectivity index (χ4n) is 4.31. The predicted molar refractivity (Wildman–Crippen MR) is 142 cm³/mol. The second-order valence-electron chi connectivity index (χ2n) is 9.63. The van der Waals surface area contributed by atoms with Crippen LogP contribution in [0.2, 0.25) is 0 Å². The van der Waals surface area contributed by atoms with Crippen molar-refractivity contribution in [2.75, 3.05) is 25.0 Å². The van der Waals surface area contributed by atoms with Crippen molar-refractivity contribution in [1.29, 1.82) is 0 Å². The molecule has 5 rings (SSSR count). The van der Waals surface area contributed by atoms with E-state index in [-0.39, 0.29) is 23.7 Å². The van der Waals surface area contributed by atoms with Gasteiger partial charge in [-0.15, -0.1) is 0 Å². The van der Waals surface area contributed by atoms with Gasteiger partial charge in [0.25, 0.3) is 5.91 Å². The van der Waals surface area contributed by atoms with E-state index in [4.69, 9.17) is 4.74 Å². The molecule has 1 unspecified atom stereocenters. The van der Waals surface area contributed by atoms with E-state index in [1.54, 1.807) is 28.1 Å². The lowest BCUT2D eigenvalue weighted by atomic mass is 10.1. The number of carbonyl (C=O) groups is 2. The van der Waals surface area contributed by atoms with Gasteiger partial charge in [-0.3, -0.25) is 4.79 Å². The Morgan fingerprint density at radius 3 is 2.77 bits per heavy atom. The van der Waals surface area contributed by atoms with Crippen LogP contribution in [0.3, 0.4) is 0 Å². The molecular formula is C25H24FIN4O3S. The van der Waals surface area contributed by atoms with E-state index in [0.29, 0.717) is 40.7 Å². The number of nitrogens with zero attached hydrogens (tertiary/aromatic N) is 3. The molecule has 1 saturated heterocycles. The van der Waals surface area contributed by atoms with Crippen molar-refractivity contribution >= 4 is 66.8 Å². The summed E-state index contributed by atoms with van der Waals surface area (Å²) in [6.45, 7) is 6.95. The third-order valence-corrected chi connectivity index (χ3v) is 7.55. The summed E-state index contributed by atoms with van der Waals surface area (Å²) < 4.78 is 20.8. The first-order valence-corrected chi connectivity index (χ1v) is 13.1. The number of ether oxygens (including phenoxy) is 1. The quantitative estimate of drug-likeness (QED) is 0.371. The molecular weight excluding hydrogens is 582 g/mol. The molecule has 1 fully saturated rings. The lowest BCUT2D eigenvalue weighted by Crippen LogP contribution is -2.37. The zero-order valence-electron chi connectivity index (χ0n) is 19.5. The monoisotopic (exact) mass is 606 g/mol. The molecule has 7 nitrogen and oxygen atoms in total. The summed E-state index contributed by atoms with van der Waals surface area (Å²) in [4.78, 5) is 34.7. The molecule has 2 aliphatic rings. The first-order chi connectivity index (χ1) is 16.6. The van der Waals surface area contributed by atoms with Gasteiger partial charge in [0.1, 0.15) is 21.2 Å². The van der Waals surface area contributed by atoms with E-state index in [2.05, 4.69) is 32.9 Å². The van der Waals surface area contributed by atoms with E-state index in [1.165, 1.54) is 17.4 Å². The molecule has 3 aromatic rings. The number of pyridine rings is 1. The number of hydrogen-bond donors (Lipinski definition) is 1. The maximum atomic E-state index is 14.6. The van der Waals surface area contributed by atoms with Crippen molar-refractivity contribution < 1.29 is 18.7 Å². The van der Waals surface area contributed by atoms with Crippen LogP contribution < -0.4 is 5.32 Å². The molecule has 0 radical (unpaired) electrons. The third kappa shape index (κ3) is 4.86. The number of aromatic nitrogens is 1. The molecule has 1 atom stereocenters. The van der Waals surface area contributed by atoms with Crippen molar-refractivity contribution in [2.24, 2.45) is 5.92 Å². The molecule has 10 heteroatoms. The molecule has 0 spiro atoms. The van der Waals surface area contributed by atoms with Crippen LogP contribution in [0, 0.1) is 15.3 Å². The van der Waals surface area contributed by atoms with Gasteiger partial charge in [-0.25, -0.2) is 14.2 Å². The standard InChI is InChI=1S/C25H24FIN4O3S/c1-25(2,3)34-24(33)31-12-14-10-30(11-15(14)13-31)23(32)20-17-5-4-8-28-21(17)35-22(20)29-19-7-6-16(27)9-18(19)26/h4-10,15,29H,11-13H2,1-3H3. The van der Waals surface area contributed by atoms with Gasteiger partial charge in [0.15, 0.2) is 0 Å². The van der Waals surface area contributed by atoms with E-state index < -0.39 is 5.60 Å². The Bertz CT molecular complexity index is 1370. The highest BCUT2D eigenvalue weighted by Crippen LogP contribution is 2.39. The maximum absolute atomic E-state index is 14.6. The Kier molecular flexibility index (Phi) is 6.20. The lowest BCUT2D eigenvalue weighted by Gasteiger charge is -2.25. The Morgan fingerprint density at radius 1 is 1.26 bits per heavy atom. The minimum absolute atomic E-state index is 0.0690. The first-order valence-electron chi connectivity index (χ1n) is 11.2. The van der Waals surface area contributed by atoms with Gasteiger partial charge >= 0.3 is 6.09 Å². The Labute approximate surface area is 220 Å². The smallest absolute Gasteiger partial charge is 0.410 e. The third-order valence-electron chi connectivity index (χ3n) is 5.85. The van der Waals surface area contributed by atoms with Crippen molar-refractivity contribution in [2.45, 2.75) is 26.4 Å². The van der Waals surface area contributed by atoms with Gasteiger partial charge < -0.3 is 19.9 Å². The summed E-state index contributed by atoms with van der Waals surface area (Å²) >= 11 is 3.38. The molecule has 1 aromatic carbocycles. The number of carbonyl (C=O) groups excluding carboxylic acids is 2. The van der Waals surface area contributed by atoms with Gasteiger partial charge in [-0.1, -0.05) is 11.3 Å². The molecule has 35 heavy (non-hydrogen) atoms. The average molecular weight is 606 g/mol. The number of rotatable bonds is 3. The topological polar surface area (TPSA) is 74.8 Å². The highest BCUT2D eigenvalue weighted by molar-refractivity contribution is 14.1. The van der Waals surface area contributed by atoms with Crippen LogP contribution in [-0.4, -0.2) is 52.0 Å². The molecule has 2 aliphatic heterocycles. The summed E-state index contributed by atoms with van der Waals surface area (Å²) in [6, 6.07) is 8.56. The second-order valence-corrected chi connectivity index (χ2v) is 11.9. The van der Waals surface area contributed by atoms with Crippen LogP contribution in [0.5, 0.6) is 0 Å². The maximum Gasteiger partial charge on any atom is 0.410 e. The van der Waals surface area contributed by atoms with Crippen molar-refractivity contribution in [3.8, 4) is 0 Å². The van der Waals surface area contributed by atoms with Gasteiger partial charge in [-0.05, 0) is 79.3 Å². The van der Waals surface area contributed by atoms with Crippen LogP contribution in [0.4, 0.5) is 19.9 Å². The van der Waals surface area contributed by atoms with Crippen LogP contribution in [-0.2, 0) is 4.74 Å². The van der Waals surface area contributed by atoms with Gasteiger partial charge in [0.05, 0.1) is 11.3 Å². The number of likely N-dealkylation sites (tertiary alicyclic amines) is 1. The molecule has 2 amide bonds. The van der Waals surface area contributed by atoms with E-state index in [0.717, 1.165) is 14.5 Å². The van der Waals surface area contributed by atoms with E-state index in [9.17, 15) is 14.0 Å². The fraction of sp³-hybridized carbons (Fsp3) is 0.320. The normalized spacial score (nSPS) is 17.5. The molecule has 0 saturated carbocycles. The van der Waals surface area contributed by atoms with Crippen LogP contribution in [0.15, 0.2) is 48.3 Å².